The summed E-state index contributed by atoms with van der Waals surface area (Å²) in [4.78, 5) is 11.8. The monoisotopic (exact) mass is 286 g/mol. The molecule has 110 valence electrons. The zero-order chi connectivity index (χ0) is 14.9. The van der Waals surface area contributed by atoms with Crippen LogP contribution < -0.4 is 0 Å². The smallest absolute Gasteiger partial charge is 0.344 e. The van der Waals surface area contributed by atoms with Crippen LogP contribution in [0.15, 0.2) is 18.2 Å². The van der Waals surface area contributed by atoms with E-state index in [0.717, 1.165) is 12.1 Å². The van der Waals surface area contributed by atoms with Gasteiger partial charge in [-0.1, -0.05) is 0 Å². The highest BCUT2D eigenvalue weighted by Gasteiger charge is 2.40. The molecule has 2 rings (SSSR count). The van der Waals surface area contributed by atoms with Crippen LogP contribution in [0.25, 0.3) is 0 Å². The highest BCUT2D eigenvalue weighted by Crippen LogP contribution is 2.25. The van der Waals surface area contributed by atoms with Gasteiger partial charge in [0.1, 0.15) is 35.4 Å². The third-order valence-electron chi connectivity index (χ3n) is 2.88. The van der Waals surface area contributed by atoms with E-state index < -0.39 is 36.3 Å². The van der Waals surface area contributed by atoms with Gasteiger partial charge in [-0.3, -0.25) is 0 Å². The summed E-state index contributed by atoms with van der Waals surface area (Å²) in [6, 6.07) is 3.26. The molecule has 0 aromatic heterocycles. The Morgan fingerprint density at radius 1 is 1.20 bits per heavy atom. The maximum atomic E-state index is 11.8. The summed E-state index contributed by atoms with van der Waals surface area (Å²) in [6.45, 7) is -0.317. The first kappa shape index (κ1) is 14.5. The van der Waals surface area contributed by atoms with Crippen molar-refractivity contribution in [1.29, 1.82) is 0 Å². The summed E-state index contributed by atoms with van der Waals surface area (Å²) >= 11 is 0. The molecule has 1 saturated heterocycles. The Bertz CT molecular complexity index is 502. The fraction of sp³-hybridized carbons (Fsp3) is 0.417. The van der Waals surface area contributed by atoms with Crippen LogP contribution in [0, 0.1) is 0 Å². The SMILES string of the molecule is O=C(OC1OCC(O)C(O)C1O)c1cc(O)ccc1O. The molecule has 0 bridgehead atoms. The van der Waals surface area contributed by atoms with Crippen LogP contribution in [0.1, 0.15) is 10.4 Å². The number of hydrogen-bond donors (Lipinski definition) is 5. The number of phenols is 2. The van der Waals surface area contributed by atoms with E-state index in [4.69, 9.17) is 9.47 Å². The van der Waals surface area contributed by atoms with E-state index in [9.17, 15) is 30.3 Å². The number of esters is 1. The van der Waals surface area contributed by atoms with Gasteiger partial charge in [0.15, 0.2) is 0 Å². The molecule has 1 aromatic rings. The summed E-state index contributed by atoms with van der Waals surface area (Å²) in [5.74, 6) is -1.72. The first-order valence-corrected chi connectivity index (χ1v) is 5.79. The van der Waals surface area contributed by atoms with Crippen LogP contribution >= 0.6 is 0 Å². The molecule has 20 heavy (non-hydrogen) atoms. The van der Waals surface area contributed by atoms with Gasteiger partial charge in [-0.15, -0.1) is 0 Å². The lowest BCUT2D eigenvalue weighted by Gasteiger charge is -2.34. The summed E-state index contributed by atoms with van der Waals surface area (Å²) < 4.78 is 9.68. The van der Waals surface area contributed by atoms with Gasteiger partial charge in [-0.2, -0.15) is 0 Å². The summed E-state index contributed by atoms with van der Waals surface area (Å²) in [7, 11) is 0. The van der Waals surface area contributed by atoms with Gasteiger partial charge in [0.25, 0.3) is 0 Å². The van der Waals surface area contributed by atoms with E-state index in [1.165, 1.54) is 6.07 Å². The quantitative estimate of drug-likeness (QED) is 0.334. The van der Waals surface area contributed by atoms with Crippen molar-refractivity contribution < 1.29 is 39.8 Å². The van der Waals surface area contributed by atoms with Crippen molar-refractivity contribution >= 4 is 5.97 Å². The first-order valence-electron chi connectivity index (χ1n) is 5.79. The molecule has 0 amide bonds. The Morgan fingerprint density at radius 3 is 2.60 bits per heavy atom. The molecule has 1 aromatic carbocycles. The average Bonchev–Trinajstić information content (AvgIpc) is 2.42. The Morgan fingerprint density at radius 2 is 1.90 bits per heavy atom. The molecule has 0 saturated carbocycles. The Balaban J connectivity index is 2.10. The highest BCUT2D eigenvalue weighted by atomic mass is 16.7. The summed E-state index contributed by atoms with van der Waals surface area (Å²) in [5.41, 5.74) is -0.318. The number of ether oxygens (including phenoxy) is 2. The van der Waals surface area contributed by atoms with Gasteiger partial charge in [0.05, 0.1) is 6.61 Å². The third kappa shape index (κ3) is 2.83. The number of aromatic hydroxyl groups is 2. The fourth-order valence-corrected chi connectivity index (χ4v) is 1.74. The van der Waals surface area contributed by atoms with Gasteiger partial charge in [0, 0.05) is 0 Å². The maximum absolute atomic E-state index is 11.8. The molecular weight excluding hydrogens is 272 g/mol. The van der Waals surface area contributed by atoms with Crippen LogP contribution in [-0.4, -0.2) is 62.7 Å². The van der Waals surface area contributed by atoms with Crippen LogP contribution in [0.4, 0.5) is 0 Å². The molecular formula is C12H14O8. The molecule has 0 spiro atoms. The molecule has 1 fully saturated rings. The molecule has 1 heterocycles. The number of hydrogen-bond acceptors (Lipinski definition) is 8. The van der Waals surface area contributed by atoms with Gasteiger partial charge in [-0.05, 0) is 18.2 Å². The van der Waals surface area contributed by atoms with Crippen LogP contribution in [0.3, 0.4) is 0 Å². The molecule has 0 aliphatic carbocycles. The Labute approximate surface area is 113 Å². The highest BCUT2D eigenvalue weighted by molar-refractivity contribution is 5.92. The minimum absolute atomic E-state index is 0.254. The van der Waals surface area contributed by atoms with E-state index in [1.807, 2.05) is 0 Å². The molecule has 4 unspecified atom stereocenters. The Hall–Kier alpha value is -1.87. The van der Waals surface area contributed by atoms with E-state index in [2.05, 4.69) is 0 Å². The predicted octanol–water partition coefficient (Wildman–Crippen LogP) is -1.31. The number of aliphatic hydroxyl groups excluding tert-OH is 3. The van der Waals surface area contributed by atoms with E-state index in [0.29, 0.717) is 0 Å². The number of aliphatic hydroxyl groups is 3. The van der Waals surface area contributed by atoms with Crippen molar-refractivity contribution in [2.75, 3.05) is 6.61 Å². The lowest BCUT2D eigenvalue weighted by atomic mass is 10.1. The predicted molar refractivity (Wildman–Crippen MR) is 62.9 cm³/mol. The van der Waals surface area contributed by atoms with Crippen molar-refractivity contribution in [2.45, 2.75) is 24.6 Å². The van der Waals surface area contributed by atoms with Crippen LogP contribution in [-0.2, 0) is 9.47 Å². The number of carbonyl (C=O) groups excluding carboxylic acids is 1. The minimum atomic E-state index is -1.62. The third-order valence-corrected chi connectivity index (χ3v) is 2.88. The molecule has 8 heteroatoms. The zero-order valence-electron chi connectivity index (χ0n) is 10.2. The van der Waals surface area contributed by atoms with Gasteiger partial charge in [-0.25, -0.2) is 4.79 Å². The zero-order valence-corrected chi connectivity index (χ0v) is 10.2. The van der Waals surface area contributed by atoms with Crippen LogP contribution in [0.2, 0.25) is 0 Å². The number of carbonyl (C=O) groups is 1. The molecule has 1 aliphatic rings. The Kier molecular flexibility index (Phi) is 4.09. The fourth-order valence-electron chi connectivity index (χ4n) is 1.74. The van der Waals surface area contributed by atoms with Crippen molar-refractivity contribution in [1.82, 2.24) is 0 Å². The number of rotatable bonds is 2. The first-order chi connectivity index (χ1) is 9.40. The largest absolute Gasteiger partial charge is 0.508 e. The molecule has 1 aliphatic heterocycles. The van der Waals surface area contributed by atoms with Crippen molar-refractivity contribution in [3.05, 3.63) is 23.8 Å². The van der Waals surface area contributed by atoms with Gasteiger partial charge < -0.3 is 35.0 Å². The number of phenolic OH excluding ortho intramolecular Hbond substituents is 2. The molecule has 4 atom stereocenters. The lowest BCUT2D eigenvalue weighted by Crippen LogP contribution is -2.54. The molecule has 8 nitrogen and oxygen atoms in total. The van der Waals surface area contributed by atoms with Crippen molar-refractivity contribution in [3.63, 3.8) is 0 Å². The lowest BCUT2D eigenvalue weighted by molar-refractivity contribution is -0.251. The maximum Gasteiger partial charge on any atom is 0.344 e. The standard InChI is InChI=1S/C12H14O8/c13-5-1-2-7(14)6(3-5)11(18)20-12-10(17)9(16)8(15)4-19-12/h1-3,8-10,12-17H,4H2. The van der Waals surface area contributed by atoms with Gasteiger partial charge >= 0.3 is 5.97 Å². The van der Waals surface area contributed by atoms with E-state index in [1.54, 1.807) is 0 Å². The minimum Gasteiger partial charge on any atom is -0.508 e. The van der Waals surface area contributed by atoms with Gasteiger partial charge in [0.2, 0.25) is 6.29 Å². The molecule has 0 radical (unpaired) electrons. The average molecular weight is 286 g/mol. The topological polar surface area (TPSA) is 137 Å². The number of benzene rings is 1. The molecule has 5 N–H and O–H groups in total. The second-order valence-electron chi connectivity index (χ2n) is 4.36. The summed E-state index contributed by atoms with van der Waals surface area (Å²) in [6.07, 6.45) is -5.90. The van der Waals surface area contributed by atoms with Crippen molar-refractivity contribution in [3.8, 4) is 11.5 Å². The van der Waals surface area contributed by atoms with Crippen molar-refractivity contribution in [2.24, 2.45) is 0 Å². The summed E-state index contributed by atoms with van der Waals surface area (Å²) in [5, 5.41) is 47.0. The second kappa shape index (κ2) is 5.63. The van der Waals surface area contributed by atoms with E-state index >= 15 is 0 Å². The van der Waals surface area contributed by atoms with E-state index in [-0.39, 0.29) is 17.9 Å². The second-order valence-corrected chi connectivity index (χ2v) is 4.36. The normalized spacial score (nSPS) is 29.9. The van der Waals surface area contributed by atoms with Crippen LogP contribution in [0.5, 0.6) is 11.5 Å².